The minimum Gasteiger partial charge on any atom is -0.366 e. The first-order valence-electron chi connectivity index (χ1n) is 12.3. The van der Waals surface area contributed by atoms with E-state index in [0.29, 0.717) is 23.1 Å². The van der Waals surface area contributed by atoms with Crippen molar-refractivity contribution in [3.8, 4) is 11.3 Å². The molecule has 2 atom stereocenters. The highest BCUT2D eigenvalue weighted by atomic mass is 79.9. The maximum absolute atomic E-state index is 12.5. The minimum atomic E-state index is -0.185. The summed E-state index contributed by atoms with van der Waals surface area (Å²) in [6.07, 6.45) is 2.69. The van der Waals surface area contributed by atoms with Crippen LogP contribution in [0, 0.1) is 0 Å². The molecule has 7 nitrogen and oxygen atoms in total. The zero-order valence-electron chi connectivity index (χ0n) is 20.2. The Labute approximate surface area is 233 Å². The van der Waals surface area contributed by atoms with E-state index in [1.54, 1.807) is 10.7 Å². The van der Waals surface area contributed by atoms with Gasteiger partial charge in [0, 0.05) is 40.8 Å². The van der Waals surface area contributed by atoms with Gasteiger partial charge in [0.05, 0.1) is 16.4 Å². The molecule has 190 valence electrons. The number of amides is 2. The van der Waals surface area contributed by atoms with Gasteiger partial charge in [-0.15, -0.1) is 0 Å². The summed E-state index contributed by atoms with van der Waals surface area (Å²) in [6.45, 7) is 0.561. The van der Waals surface area contributed by atoms with Crippen LogP contribution in [0.25, 0.3) is 16.9 Å². The Morgan fingerprint density at radius 1 is 1.03 bits per heavy atom. The molecule has 1 aliphatic rings. The smallest absolute Gasteiger partial charge is 0.319 e. The average molecular weight is 588 g/mol. The van der Waals surface area contributed by atoms with Crippen molar-refractivity contribution >= 4 is 50.7 Å². The van der Waals surface area contributed by atoms with Crippen LogP contribution in [0.4, 0.5) is 16.3 Å². The van der Waals surface area contributed by atoms with Crippen LogP contribution in [-0.4, -0.2) is 26.7 Å². The second-order valence-corrected chi connectivity index (χ2v) is 10.5. The number of hydrogen-bond donors (Lipinski definition) is 3. The predicted molar refractivity (Wildman–Crippen MR) is 155 cm³/mol. The van der Waals surface area contributed by atoms with Crippen molar-refractivity contribution in [2.45, 2.75) is 24.9 Å². The van der Waals surface area contributed by atoms with Crippen LogP contribution in [0.3, 0.4) is 0 Å². The molecule has 0 bridgehead atoms. The van der Waals surface area contributed by atoms with E-state index in [1.165, 1.54) is 5.56 Å². The van der Waals surface area contributed by atoms with Gasteiger partial charge in [0.15, 0.2) is 5.65 Å². The van der Waals surface area contributed by atoms with E-state index >= 15 is 0 Å². The molecule has 0 saturated heterocycles. The number of nitrogens with zero attached hydrogens (tertiary/aromatic N) is 3. The number of fused-ring (bicyclic) bond motifs is 1. The lowest BCUT2D eigenvalue weighted by Crippen LogP contribution is -2.31. The van der Waals surface area contributed by atoms with Gasteiger partial charge in [-0.05, 0) is 51.7 Å². The van der Waals surface area contributed by atoms with Crippen LogP contribution in [0.15, 0.2) is 95.6 Å². The van der Waals surface area contributed by atoms with E-state index in [-0.39, 0.29) is 12.1 Å². The van der Waals surface area contributed by atoms with E-state index in [0.717, 1.165) is 39.2 Å². The Kier molecular flexibility index (Phi) is 6.74. The van der Waals surface area contributed by atoms with Crippen LogP contribution in [0.5, 0.6) is 0 Å². The van der Waals surface area contributed by atoms with Gasteiger partial charge in [-0.2, -0.15) is 9.61 Å². The third-order valence-corrected chi connectivity index (χ3v) is 7.49. The Morgan fingerprint density at radius 2 is 1.79 bits per heavy atom. The Hall–Kier alpha value is -3.88. The lowest BCUT2D eigenvalue weighted by molar-refractivity contribution is 0.251. The zero-order chi connectivity index (χ0) is 26.1. The number of carbonyl (C=O) groups excluding carboxylic acids is 1. The van der Waals surface area contributed by atoms with Gasteiger partial charge in [0.2, 0.25) is 0 Å². The Bertz CT molecular complexity index is 1610. The van der Waals surface area contributed by atoms with Gasteiger partial charge >= 0.3 is 6.03 Å². The first kappa shape index (κ1) is 24.5. The normalized spacial score (nSPS) is 16.3. The number of aromatic nitrogens is 3. The molecule has 6 rings (SSSR count). The van der Waals surface area contributed by atoms with Crippen molar-refractivity contribution in [1.29, 1.82) is 0 Å². The topological polar surface area (TPSA) is 83.3 Å². The molecule has 1 aliphatic carbocycles. The zero-order valence-corrected chi connectivity index (χ0v) is 22.6. The van der Waals surface area contributed by atoms with Gasteiger partial charge in [-0.25, -0.2) is 9.78 Å². The summed E-state index contributed by atoms with van der Waals surface area (Å²) in [6, 6.07) is 27.6. The molecule has 1 saturated carbocycles. The molecule has 1 fully saturated rings. The van der Waals surface area contributed by atoms with Crippen molar-refractivity contribution in [1.82, 2.24) is 19.9 Å². The molecule has 0 aliphatic heterocycles. The minimum absolute atomic E-state index is 0.177. The van der Waals surface area contributed by atoms with Gasteiger partial charge in [0.1, 0.15) is 5.82 Å². The molecule has 0 radical (unpaired) electrons. The summed E-state index contributed by atoms with van der Waals surface area (Å²) in [4.78, 5) is 17.2. The first-order valence-corrected chi connectivity index (χ1v) is 13.5. The molecular weight excluding hydrogens is 564 g/mol. The molecule has 0 spiro atoms. The fourth-order valence-electron chi connectivity index (χ4n) is 4.53. The SMILES string of the molecule is O=C(Nc1ccc(CNc2cc(-c3ccccc3Cl)nc3c(Br)cnn23)cc1)NC1CC1c1ccccc1. The number of halogens is 2. The molecule has 3 N–H and O–H groups in total. The van der Waals surface area contributed by atoms with Crippen molar-refractivity contribution in [3.05, 3.63) is 112 Å². The molecular formula is C29H24BrClN6O. The van der Waals surface area contributed by atoms with Gasteiger partial charge in [0.25, 0.3) is 0 Å². The highest BCUT2D eigenvalue weighted by molar-refractivity contribution is 9.10. The molecule has 2 heterocycles. The maximum atomic E-state index is 12.5. The summed E-state index contributed by atoms with van der Waals surface area (Å²) >= 11 is 9.97. The van der Waals surface area contributed by atoms with Gasteiger partial charge in [-0.1, -0.05) is 72.3 Å². The largest absolute Gasteiger partial charge is 0.366 e. The molecule has 2 unspecified atom stereocenters. The second kappa shape index (κ2) is 10.5. The second-order valence-electron chi connectivity index (χ2n) is 9.24. The number of hydrogen-bond acceptors (Lipinski definition) is 4. The third-order valence-electron chi connectivity index (χ3n) is 6.60. The van der Waals surface area contributed by atoms with Crippen LogP contribution in [-0.2, 0) is 6.54 Å². The van der Waals surface area contributed by atoms with Crippen LogP contribution in [0.1, 0.15) is 23.5 Å². The molecule has 3 aromatic carbocycles. The van der Waals surface area contributed by atoms with Crippen molar-refractivity contribution in [3.63, 3.8) is 0 Å². The van der Waals surface area contributed by atoms with E-state index in [4.69, 9.17) is 16.6 Å². The van der Waals surface area contributed by atoms with E-state index in [1.807, 2.05) is 72.8 Å². The third kappa shape index (κ3) is 5.23. The lowest BCUT2D eigenvalue weighted by Gasteiger charge is -2.12. The number of rotatable bonds is 7. The number of carbonyl (C=O) groups is 1. The van der Waals surface area contributed by atoms with Crippen LogP contribution >= 0.6 is 27.5 Å². The number of nitrogens with one attached hydrogen (secondary N) is 3. The van der Waals surface area contributed by atoms with Crippen LogP contribution in [0.2, 0.25) is 5.02 Å². The van der Waals surface area contributed by atoms with Crippen molar-refractivity contribution < 1.29 is 4.79 Å². The quantitative estimate of drug-likeness (QED) is 0.190. The van der Waals surface area contributed by atoms with E-state index < -0.39 is 0 Å². The summed E-state index contributed by atoms with van der Waals surface area (Å²) in [5.74, 6) is 1.18. The van der Waals surface area contributed by atoms with E-state index in [2.05, 4.69) is 49.1 Å². The summed E-state index contributed by atoms with van der Waals surface area (Å²) in [5.41, 5.74) is 5.36. The van der Waals surface area contributed by atoms with Gasteiger partial charge in [-0.3, -0.25) is 0 Å². The number of anilines is 2. The highest BCUT2D eigenvalue weighted by Crippen LogP contribution is 2.40. The van der Waals surface area contributed by atoms with Crippen LogP contribution < -0.4 is 16.0 Å². The highest BCUT2D eigenvalue weighted by Gasteiger charge is 2.39. The summed E-state index contributed by atoms with van der Waals surface area (Å²) < 4.78 is 2.55. The lowest BCUT2D eigenvalue weighted by atomic mass is 10.1. The predicted octanol–water partition coefficient (Wildman–Crippen LogP) is 7.10. The fraction of sp³-hybridized carbons (Fsp3) is 0.138. The number of benzene rings is 3. The molecule has 2 aromatic heterocycles. The summed E-state index contributed by atoms with van der Waals surface area (Å²) in [7, 11) is 0. The first-order chi connectivity index (χ1) is 18.5. The molecule has 2 amide bonds. The molecule has 38 heavy (non-hydrogen) atoms. The van der Waals surface area contributed by atoms with Crippen molar-refractivity contribution in [2.24, 2.45) is 0 Å². The summed E-state index contributed by atoms with van der Waals surface area (Å²) in [5, 5.41) is 14.5. The molecule has 5 aromatic rings. The Morgan fingerprint density at radius 3 is 2.58 bits per heavy atom. The van der Waals surface area contributed by atoms with Crippen molar-refractivity contribution in [2.75, 3.05) is 10.6 Å². The fourth-order valence-corrected chi connectivity index (χ4v) is 5.11. The Balaban J connectivity index is 1.10. The molecule has 9 heteroatoms. The standard InChI is InChI=1S/C29H24BrClN6O/c30-23-17-33-37-27(15-26(35-28(23)37)21-8-4-5-9-24(21)31)32-16-18-10-12-20(13-11-18)34-29(38)36-25-14-22(25)19-6-2-1-3-7-19/h1-13,15,17,22,25,32H,14,16H2,(H2,34,36,38). The van der Waals surface area contributed by atoms with E-state index in [9.17, 15) is 4.79 Å². The maximum Gasteiger partial charge on any atom is 0.319 e. The average Bonchev–Trinajstić information content (AvgIpc) is 3.60. The van der Waals surface area contributed by atoms with Gasteiger partial charge < -0.3 is 16.0 Å². The monoisotopic (exact) mass is 586 g/mol. The number of urea groups is 1.